The maximum atomic E-state index is 4.05. The summed E-state index contributed by atoms with van der Waals surface area (Å²) in [5.41, 5.74) is 1.14. The van der Waals surface area contributed by atoms with Crippen molar-refractivity contribution in [2.45, 2.75) is 0 Å². The Morgan fingerprint density at radius 1 is 1.43 bits per heavy atom. The molecule has 0 spiro atoms. The van der Waals surface area contributed by atoms with Gasteiger partial charge >= 0.3 is 0 Å². The van der Waals surface area contributed by atoms with E-state index in [1.807, 2.05) is 13.1 Å². The summed E-state index contributed by atoms with van der Waals surface area (Å²) in [6.45, 7) is 4.12. The quantitative estimate of drug-likeness (QED) is 0.688. The van der Waals surface area contributed by atoms with Crippen LogP contribution in [0.1, 0.15) is 0 Å². The molecular weight excluding hydrogens is 178 g/mol. The third-order valence-electron chi connectivity index (χ3n) is 2.39. The minimum Gasteiger partial charge on any atom is -0.370 e. The smallest absolute Gasteiger partial charge is 0.172 e. The van der Waals surface area contributed by atoms with Crippen molar-refractivity contribution in [1.29, 1.82) is 0 Å². The summed E-state index contributed by atoms with van der Waals surface area (Å²) in [4.78, 5) is 2.32. The first-order valence-corrected chi connectivity index (χ1v) is 4.87. The first-order valence-electron chi connectivity index (χ1n) is 4.87. The fraction of sp³-hybridized carbons (Fsp3) is 0.556. The Balaban J connectivity index is 2.20. The van der Waals surface area contributed by atoms with E-state index in [4.69, 9.17) is 0 Å². The van der Waals surface area contributed by atoms with Crippen molar-refractivity contribution in [3.05, 3.63) is 12.3 Å². The van der Waals surface area contributed by atoms with Crippen molar-refractivity contribution >= 4 is 11.5 Å². The lowest BCUT2D eigenvalue weighted by atomic mass is 10.3. The number of rotatable bonds is 2. The molecule has 5 nitrogen and oxygen atoms in total. The molecule has 0 bridgehead atoms. The second-order valence-electron chi connectivity index (χ2n) is 3.25. The van der Waals surface area contributed by atoms with E-state index in [2.05, 4.69) is 25.7 Å². The van der Waals surface area contributed by atoms with Gasteiger partial charge in [0.25, 0.3) is 0 Å². The predicted octanol–water partition coefficient (Wildman–Crippen LogP) is -0.0721. The van der Waals surface area contributed by atoms with E-state index >= 15 is 0 Å². The van der Waals surface area contributed by atoms with Gasteiger partial charge in [-0.1, -0.05) is 0 Å². The lowest BCUT2D eigenvalue weighted by molar-refractivity contribution is 0.588. The summed E-state index contributed by atoms with van der Waals surface area (Å²) in [6.07, 6.45) is 1.73. The van der Waals surface area contributed by atoms with Gasteiger partial charge in [0.2, 0.25) is 0 Å². The van der Waals surface area contributed by atoms with Crippen molar-refractivity contribution < 1.29 is 0 Å². The molecule has 0 aliphatic carbocycles. The molecule has 0 aromatic carbocycles. The van der Waals surface area contributed by atoms with E-state index in [1.54, 1.807) is 6.20 Å². The van der Waals surface area contributed by atoms with Crippen LogP contribution in [-0.4, -0.2) is 43.4 Å². The van der Waals surface area contributed by atoms with Crippen LogP contribution in [0.5, 0.6) is 0 Å². The Hall–Kier alpha value is -1.36. The van der Waals surface area contributed by atoms with E-state index < -0.39 is 0 Å². The molecule has 0 saturated carbocycles. The molecule has 1 aromatic rings. The van der Waals surface area contributed by atoms with Gasteiger partial charge in [-0.05, 0) is 6.07 Å². The molecule has 1 aliphatic heterocycles. The van der Waals surface area contributed by atoms with Gasteiger partial charge in [-0.2, -0.15) is 5.10 Å². The monoisotopic (exact) mass is 193 g/mol. The minimum absolute atomic E-state index is 0.856. The Kier molecular flexibility index (Phi) is 2.78. The molecule has 2 rings (SSSR count). The molecule has 76 valence electrons. The molecule has 0 radical (unpaired) electrons. The van der Waals surface area contributed by atoms with Gasteiger partial charge < -0.3 is 15.5 Å². The zero-order chi connectivity index (χ0) is 9.80. The van der Waals surface area contributed by atoms with E-state index in [1.165, 1.54) is 0 Å². The summed E-state index contributed by atoms with van der Waals surface area (Å²) in [7, 11) is 1.87. The van der Waals surface area contributed by atoms with Crippen molar-refractivity contribution in [2.24, 2.45) is 0 Å². The average Bonchev–Trinajstić information content (AvgIpc) is 2.30. The van der Waals surface area contributed by atoms with Crippen molar-refractivity contribution in [3.8, 4) is 0 Å². The highest BCUT2D eigenvalue weighted by Gasteiger charge is 2.13. The lowest BCUT2D eigenvalue weighted by Gasteiger charge is -2.30. The van der Waals surface area contributed by atoms with E-state index in [0.29, 0.717) is 0 Å². The molecule has 0 atom stereocenters. The first kappa shape index (κ1) is 9.21. The Morgan fingerprint density at radius 3 is 2.93 bits per heavy atom. The Labute approximate surface area is 83.5 Å². The number of anilines is 2. The lowest BCUT2D eigenvalue weighted by Crippen LogP contribution is -2.43. The van der Waals surface area contributed by atoms with Crippen LogP contribution in [0.25, 0.3) is 0 Å². The largest absolute Gasteiger partial charge is 0.370 e. The highest BCUT2D eigenvalue weighted by atomic mass is 15.2. The highest BCUT2D eigenvalue weighted by molar-refractivity contribution is 5.64. The molecule has 5 heteroatoms. The number of aromatic nitrogens is 2. The Morgan fingerprint density at radius 2 is 2.21 bits per heavy atom. The van der Waals surface area contributed by atoms with E-state index in [0.717, 1.165) is 37.7 Å². The topological polar surface area (TPSA) is 53.1 Å². The number of hydrogen-bond acceptors (Lipinski definition) is 5. The maximum Gasteiger partial charge on any atom is 0.172 e. The van der Waals surface area contributed by atoms with Gasteiger partial charge in [0.05, 0.1) is 11.9 Å². The van der Waals surface area contributed by atoms with Crippen LogP contribution in [0, 0.1) is 0 Å². The van der Waals surface area contributed by atoms with E-state index in [9.17, 15) is 0 Å². The predicted molar refractivity (Wildman–Crippen MR) is 56.7 cm³/mol. The van der Waals surface area contributed by atoms with Crippen LogP contribution in [0.2, 0.25) is 0 Å². The summed E-state index contributed by atoms with van der Waals surface area (Å²) in [6, 6.07) is 2.00. The molecule has 2 heterocycles. The summed E-state index contributed by atoms with van der Waals surface area (Å²) < 4.78 is 0. The molecule has 1 aromatic heterocycles. The molecule has 1 aliphatic rings. The number of nitrogens with zero attached hydrogens (tertiary/aromatic N) is 3. The number of piperazine rings is 1. The standard InChI is InChI=1S/C9H15N5/c1-10-9-8(2-3-12-13-9)14-6-4-11-5-7-14/h2-3,11H,4-7H2,1H3,(H,10,13). The molecule has 2 N–H and O–H groups in total. The third-order valence-corrected chi connectivity index (χ3v) is 2.39. The Bertz CT molecular complexity index is 295. The highest BCUT2D eigenvalue weighted by Crippen LogP contribution is 2.21. The van der Waals surface area contributed by atoms with Crippen molar-refractivity contribution in [3.63, 3.8) is 0 Å². The summed E-state index contributed by atoms with van der Waals surface area (Å²) >= 11 is 0. The second-order valence-corrected chi connectivity index (χ2v) is 3.25. The second kappa shape index (κ2) is 4.23. The zero-order valence-electron chi connectivity index (χ0n) is 8.32. The van der Waals surface area contributed by atoms with Crippen LogP contribution in [0.15, 0.2) is 12.3 Å². The minimum atomic E-state index is 0.856. The SMILES string of the molecule is CNc1nnccc1N1CCNCC1. The van der Waals surface area contributed by atoms with Crippen molar-refractivity contribution in [1.82, 2.24) is 15.5 Å². The molecular formula is C9H15N5. The molecule has 14 heavy (non-hydrogen) atoms. The molecule has 1 fully saturated rings. The summed E-state index contributed by atoms with van der Waals surface area (Å²) in [5, 5.41) is 14.3. The normalized spacial score (nSPS) is 16.8. The fourth-order valence-corrected chi connectivity index (χ4v) is 1.66. The number of hydrogen-bond donors (Lipinski definition) is 2. The van der Waals surface area contributed by atoms with Crippen LogP contribution < -0.4 is 15.5 Å². The van der Waals surface area contributed by atoms with Gasteiger partial charge in [0, 0.05) is 33.2 Å². The number of nitrogens with one attached hydrogen (secondary N) is 2. The zero-order valence-corrected chi connectivity index (χ0v) is 8.32. The average molecular weight is 193 g/mol. The van der Waals surface area contributed by atoms with Crippen LogP contribution in [0.3, 0.4) is 0 Å². The maximum absolute atomic E-state index is 4.05. The first-order chi connectivity index (χ1) is 6.92. The van der Waals surface area contributed by atoms with E-state index in [-0.39, 0.29) is 0 Å². The van der Waals surface area contributed by atoms with Crippen LogP contribution in [-0.2, 0) is 0 Å². The molecule has 1 saturated heterocycles. The molecule has 0 unspecified atom stereocenters. The van der Waals surface area contributed by atoms with Crippen LogP contribution >= 0.6 is 0 Å². The van der Waals surface area contributed by atoms with Gasteiger partial charge in [-0.25, -0.2) is 0 Å². The fourth-order valence-electron chi connectivity index (χ4n) is 1.66. The van der Waals surface area contributed by atoms with Gasteiger partial charge in [0.1, 0.15) is 0 Å². The van der Waals surface area contributed by atoms with Crippen molar-refractivity contribution in [2.75, 3.05) is 43.4 Å². The van der Waals surface area contributed by atoms with Gasteiger partial charge in [0.15, 0.2) is 5.82 Å². The van der Waals surface area contributed by atoms with Gasteiger partial charge in [-0.15, -0.1) is 5.10 Å². The molecule has 0 amide bonds. The third kappa shape index (κ3) is 1.77. The van der Waals surface area contributed by atoms with Crippen LogP contribution in [0.4, 0.5) is 11.5 Å². The summed E-state index contributed by atoms with van der Waals surface area (Å²) in [5.74, 6) is 0.856. The van der Waals surface area contributed by atoms with Gasteiger partial charge in [-0.3, -0.25) is 0 Å².